The highest BCUT2D eigenvalue weighted by Gasteiger charge is 2.14. The number of hydrogen-bond donors (Lipinski definition) is 0. The zero-order valence-corrected chi connectivity index (χ0v) is 15.4. The van der Waals surface area contributed by atoms with Gasteiger partial charge in [0.05, 0.1) is 16.0 Å². The third-order valence-corrected chi connectivity index (χ3v) is 4.59. The summed E-state index contributed by atoms with van der Waals surface area (Å²) < 4.78 is 10.8. The van der Waals surface area contributed by atoms with Crippen molar-refractivity contribution in [2.75, 3.05) is 0 Å². The minimum Gasteiger partial charge on any atom is -0.489 e. The Labute approximate surface area is 154 Å². The molecule has 0 atom stereocenters. The SMILES string of the molecule is CC(C)Oc1ccc(-c2noc(CCC(=O)c3cccs3)n2)cc1Cl. The summed E-state index contributed by atoms with van der Waals surface area (Å²) in [7, 11) is 0. The Balaban J connectivity index is 1.67. The van der Waals surface area contributed by atoms with Crippen molar-refractivity contribution in [2.45, 2.75) is 32.8 Å². The number of ether oxygens (including phenoxy) is 1. The third-order valence-electron chi connectivity index (χ3n) is 3.38. The van der Waals surface area contributed by atoms with Crippen LogP contribution in [0, 0.1) is 0 Å². The van der Waals surface area contributed by atoms with Crippen LogP contribution >= 0.6 is 22.9 Å². The molecule has 0 aliphatic carbocycles. The van der Waals surface area contributed by atoms with Gasteiger partial charge in [-0.15, -0.1) is 11.3 Å². The van der Waals surface area contributed by atoms with Gasteiger partial charge in [-0.25, -0.2) is 0 Å². The van der Waals surface area contributed by atoms with E-state index in [2.05, 4.69) is 10.1 Å². The molecule has 0 saturated heterocycles. The van der Waals surface area contributed by atoms with E-state index in [1.54, 1.807) is 12.1 Å². The fourth-order valence-electron chi connectivity index (χ4n) is 2.24. The van der Waals surface area contributed by atoms with E-state index >= 15 is 0 Å². The third kappa shape index (κ3) is 4.46. The molecule has 25 heavy (non-hydrogen) atoms. The van der Waals surface area contributed by atoms with Gasteiger partial charge in [-0.05, 0) is 43.5 Å². The number of Topliss-reactive ketones (excluding diaryl/α,β-unsaturated/α-hetero) is 1. The van der Waals surface area contributed by atoms with Gasteiger partial charge in [0.25, 0.3) is 0 Å². The summed E-state index contributed by atoms with van der Waals surface area (Å²) in [5.41, 5.74) is 0.737. The molecule has 0 spiro atoms. The fraction of sp³-hybridized carbons (Fsp3) is 0.278. The lowest BCUT2D eigenvalue weighted by Gasteiger charge is -2.11. The summed E-state index contributed by atoms with van der Waals surface area (Å²) in [4.78, 5) is 17.1. The molecule has 0 N–H and O–H groups in total. The number of carbonyl (C=O) groups is 1. The van der Waals surface area contributed by atoms with E-state index in [-0.39, 0.29) is 11.9 Å². The Morgan fingerprint density at radius 2 is 2.20 bits per heavy atom. The van der Waals surface area contributed by atoms with Gasteiger partial charge >= 0.3 is 0 Å². The monoisotopic (exact) mass is 376 g/mol. The smallest absolute Gasteiger partial charge is 0.227 e. The quantitative estimate of drug-likeness (QED) is 0.539. The highest BCUT2D eigenvalue weighted by Crippen LogP contribution is 2.30. The number of rotatable bonds is 7. The second kappa shape index (κ2) is 7.80. The lowest BCUT2D eigenvalue weighted by Crippen LogP contribution is -2.05. The molecule has 1 aromatic carbocycles. The van der Waals surface area contributed by atoms with E-state index in [1.165, 1.54) is 11.3 Å². The number of aryl methyl sites for hydroxylation is 1. The van der Waals surface area contributed by atoms with Crippen molar-refractivity contribution in [3.63, 3.8) is 0 Å². The van der Waals surface area contributed by atoms with Crippen LogP contribution < -0.4 is 4.74 Å². The number of benzene rings is 1. The van der Waals surface area contributed by atoms with E-state index in [0.29, 0.717) is 35.3 Å². The second-order valence-corrected chi connectivity index (χ2v) is 7.08. The molecule has 0 saturated carbocycles. The van der Waals surface area contributed by atoms with Crippen LogP contribution in [0.1, 0.15) is 35.8 Å². The minimum atomic E-state index is 0.0426. The van der Waals surface area contributed by atoms with Crippen LogP contribution in [0.15, 0.2) is 40.2 Å². The van der Waals surface area contributed by atoms with Gasteiger partial charge in [0.2, 0.25) is 11.7 Å². The number of thiophene rings is 1. The van der Waals surface area contributed by atoms with Crippen LogP contribution in [-0.2, 0) is 6.42 Å². The molecular formula is C18H17ClN2O3S. The van der Waals surface area contributed by atoms with Crippen molar-refractivity contribution >= 4 is 28.7 Å². The van der Waals surface area contributed by atoms with Crippen molar-refractivity contribution in [2.24, 2.45) is 0 Å². The molecule has 3 rings (SSSR count). The first-order valence-corrected chi connectivity index (χ1v) is 9.14. The molecule has 2 heterocycles. The summed E-state index contributed by atoms with van der Waals surface area (Å²) in [6, 6.07) is 9.03. The molecule has 2 aromatic heterocycles. The van der Waals surface area contributed by atoms with Crippen molar-refractivity contribution in [3.05, 3.63) is 51.5 Å². The van der Waals surface area contributed by atoms with Crippen molar-refractivity contribution < 1.29 is 14.1 Å². The molecule has 5 nitrogen and oxygen atoms in total. The number of nitrogens with zero attached hydrogens (tertiary/aromatic N) is 2. The van der Waals surface area contributed by atoms with E-state index in [9.17, 15) is 4.79 Å². The van der Waals surface area contributed by atoms with E-state index in [4.69, 9.17) is 20.9 Å². The average Bonchev–Trinajstić information content (AvgIpc) is 3.26. The number of hydrogen-bond acceptors (Lipinski definition) is 6. The van der Waals surface area contributed by atoms with E-state index in [0.717, 1.165) is 10.4 Å². The lowest BCUT2D eigenvalue weighted by molar-refractivity contribution is 0.0983. The number of carbonyl (C=O) groups excluding carboxylic acids is 1. The summed E-state index contributed by atoms with van der Waals surface area (Å²) >= 11 is 7.67. The fourth-order valence-corrected chi connectivity index (χ4v) is 3.16. The zero-order chi connectivity index (χ0) is 17.8. The largest absolute Gasteiger partial charge is 0.489 e. The van der Waals surface area contributed by atoms with Gasteiger partial charge in [-0.1, -0.05) is 22.8 Å². The molecule has 0 fully saturated rings. The van der Waals surface area contributed by atoms with Gasteiger partial charge in [-0.3, -0.25) is 4.79 Å². The Bertz CT molecular complexity index is 859. The molecular weight excluding hydrogens is 360 g/mol. The predicted octanol–water partition coefficient (Wildman–Crippen LogP) is 5.05. The Hall–Kier alpha value is -2.18. The van der Waals surface area contributed by atoms with Gasteiger partial charge in [0.15, 0.2) is 5.78 Å². The molecule has 0 unspecified atom stereocenters. The molecule has 3 aromatic rings. The van der Waals surface area contributed by atoms with Crippen LogP contribution in [0.5, 0.6) is 5.75 Å². The first-order valence-electron chi connectivity index (χ1n) is 7.89. The molecule has 0 radical (unpaired) electrons. The normalized spacial score (nSPS) is 11.0. The van der Waals surface area contributed by atoms with Crippen LogP contribution in [0.4, 0.5) is 0 Å². The molecule has 130 valence electrons. The van der Waals surface area contributed by atoms with Gasteiger partial charge < -0.3 is 9.26 Å². The highest BCUT2D eigenvalue weighted by molar-refractivity contribution is 7.12. The first kappa shape index (κ1) is 17.6. The number of aromatic nitrogens is 2. The minimum absolute atomic E-state index is 0.0426. The summed E-state index contributed by atoms with van der Waals surface area (Å²) in [5.74, 6) is 1.56. The van der Waals surface area contributed by atoms with Crippen LogP contribution in [-0.4, -0.2) is 22.0 Å². The second-order valence-electron chi connectivity index (χ2n) is 5.72. The summed E-state index contributed by atoms with van der Waals surface area (Å²) in [6.45, 7) is 3.88. The van der Waals surface area contributed by atoms with Crippen molar-refractivity contribution in [1.82, 2.24) is 10.1 Å². The van der Waals surface area contributed by atoms with Crippen molar-refractivity contribution in [1.29, 1.82) is 0 Å². The average molecular weight is 377 g/mol. The lowest BCUT2D eigenvalue weighted by atomic mass is 10.2. The highest BCUT2D eigenvalue weighted by atomic mass is 35.5. The summed E-state index contributed by atoms with van der Waals surface area (Å²) in [6.07, 6.45) is 0.789. The van der Waals surface area contributed by atoms with Gasteiger partial charge in [0.1, 0.15) is 5.75 Å². The molecule has 0 aliphatic rings. The standard InChI is InChI=1S/C18H17ClN2O3S/c1-11(2)23-15-7-5-12(10-13(15)19)18-20-17(24-21-18)8-6-14(22)16-4-3-9-25-16/h3-5,7,9-11H,6,8H2,1-2H3. The van der Waals surface area contributed by atoms with E-state index < -0.39 is 0 Å². The maximum atomic E-state index is 12.0. The van der Waals surface area contributed by atoms with Gasteiger partial charge in [0, 0.05) is 18.4 Å². The molecule has 7 heteroatoms. The van der Waals surface area contributed by atoms with Crippen LogP contribution in [0.2, 0.25) is 5.02 Å². The van der Waals surface area contributed by atoms with Crippen LogP contribution in [0.25, 0.3) is 11.4 Å². The number of halogens is 1. The number of ketones is 1. The topological polar surface area (TPSA) is 65.2 Å². The Morgan fingerprint density at radius 1 is 1.36 bits per heavy atom. The summed E-state index contributed by atoms with van der Waals surface area (Å²) in [5, 5.41) is 6.34. The predicted molar refractivity (Wildman–Crippen MR) is 97.5 cm³/mol. The Kier molecular flexibility index (Phi) is 5.50. The van der Waals surface area contributed by atoms with E-state index in [1.807, 2.05) is 37.4 Å². The maximum Gasteiger partial charge on any atom is 0.227 e. The first-order chi connectivity index (χ1) is 12.0. The Morgan fingerprint density at radius 3 is 2.88 bits per heavy atom. The molecule has 0 bridgehead atoms. The molecule has 0 aliphatic heterocycles. The van der Waals surface area contributed by atoms with Crippen molar-refractivity contribution in [3.8, 4) is 17.1 Å². The maximum absolute atomic E-state index is 12.0. The van der Waals surface area contributed by atoms with Gasteiger partial charge in [-0.2, -0.15) is 4.98 Å². The van der Waals surface area contributed by atoms with Crippen LogP contribution in [0.3, 0.4) is 0 Å². The molecule has 0 amide bonds. The zero-order valence-electron chi connectivity index (χ0n) is 13.9.